The van der Waals surface area contributed by atoms with Crippen LogP contribution >= 0.6 is 0 Å². The van der Waals surface area contributed by atoms with Gasteiger partial charge in [-0.05, 0) is 62.9 Å². The summed E-state index contributed by atoms with van der Waals surface area (Å²) in [4.78, 5) is 9.90. The number of para-hydroxylation sites is 1. The van der Waals surface area contributed by atoms with Crippen LogP contribution in [0.5, 0.6) is 0 Å². The standard InChI is InChI=1S/C43H28N2O/c1-43(2)34-15-7-5-13-31(34)38-35(43)24-33(42-39(38)32-14-6-8-16-37(32)46-42)29-20-21-30(28-12-4-3-11-27(28)29)36-22-19-26-18-17-25-10-9-23-44-40(25)41(26)45-36/h3-24H,1-2H3. The van der Waals surface area contributed by atoms with Crippen LogP contribution in [0.2, 0.25) is 0 Å². The van der Waals surface area contributed by atoms with E-state index in [-0.39, 0.29) is 5.41 Å². The van der Waals surface area contributed by atoms with Crippen LogP contribution in [-0.2, 0) is 5.41 Å². The van der Waals surface area contributed by atoms with Crippen LogP contribution < -0.4 is 0 Å². The van der Waals surface area contributed by atoms with Crippen molar-refractivity contribution >= 4 is 54.5 Å². The predicted molar refractivity (Wildman–Crippen MR) is 190 cm³/mol. The molecule has 3 aromatic heterocycles. The second-order valence-electron chi connectivity index (χ2n) is 12.9. The first kappa shape index (κ1) is 25.5. The summed E-state index contributed by atoms with van der Waals surface area (Å²) < 4.78 is 6.78. The maximum atomic E-state index is 6.78. The highest BCUT2D eigenvalue weighted by atomic mass is 16.3. The van der Waals surface area contributed by atoms with E-state index < -0.39 is 0 Å². The van der Waals surface area contributed by atoms with Gasteiger partial charge in [0.05, 0.1) is 16.7 Å². The molecular weight excluding hydrogens is 560 g/mol. The normalized spacial score (nSPS) is 13.6. The molecule has 9 aromatic rings. The van der Waals surface area contributed by atoms with Gasteiger partial charge in [0.25, 0.3) is 0 Å². The van der Waals surface area contributed by atoms with Crippen molar-refractivity contribution in [2.24, 2.45) is 0 Å². The van der Waals surface area contributed by atoms with Gasteiger partial charge in [0.15, 0.2) is 0 Å². The summed E-state index contributed by atoms with van der Waals surface area (Å²) in [5.41, 5.74) is 13.2. The van der Waals surface area contributed by atoms with Crippen LogP contribution in [0.1, 0.15) is 25.0 Å². The Morgan fingerprint density at radius 2 is 1.24 bits per heavy atom. The molecule has 0 aliphatic heterocycles. The zero-order valence-electron chi connectivity index (χ0n) is 25.5. The summed E-state index contributed by atoms with van der Waals surface area (Å²) in [6, 6.07) is 45.5. The lowest BCUT2D eigenvalue weighted by molar-refractivity contribution is 0.657. The van der Waals surface area contributed by atoms with Gasteiger partial charge in [-0.1, -0.05) is 117 Å². The zero-order chi connectivity index (χ0) is 30.6. The van der Waals surface area contributed by atoms with E-state index in [1.54, 1.807) is 0 Å². The number of hydrogen-bond acceptors (Lipinski definition) is 3. The molecule has 3 heteroatoms. The highest BCUT2D eigenvalue weighted by Gasteiger charge is 2.38. The number of rotatable bonds is 2. The fourth-order valence-corrected chi connectivity index (χ4v) is 7.90. The lowest BCUT2D eigenvalue weighted by Crippen LogP contribution is -2.15. The Bertz CT molecular complexity index is 2730. The molecule has 0 fully saturated rings. The van der Waals surface area contributed by atoms with Gasteiger partial charge in [-0.25, -0.2) is 4.98 Å². The fraction of sp³-hybridized carbons (Fsp3) is 0.0698. The third kappa shape index (κ3) is 3.37. The quantitative estimate of drug-likeness (QED) is 0.189. The lowest BCUT2D eigenvalue weighted by atomic mass is 9.80. The van der Waals surface area contributed by atoms with Gasteiger partial charge in [-0.3, -0.25) is 4.98 Å². The maximum Gasteiger partial charge on any atom is 0.143 e. The van der Waals surface area contributed by atoms with Gasteiger partial charge >= 0.3 is 0 Å². The fourth-order valence-electron chi connectivity index (χ4n) is 7.90. The summed E-state index contributed by atoms with van der Waals surface area (Å²) in [5, 5.41) is 6.87. The number of hydrogen-bond donors (Lipinski definition) is 0. The number of furan rings is 1. The largest absolute Gasteiger partial charge is 0.455 e. The molecule has 0 bridgehead atoms. The summed E-state index contributed by atoms with van der Waals surface area (Å²) in [6.07, 6.45) is 1.84. The molecule has 216 valence electrons. The second kappa shape index (κ2) is 9.12. The Balaban J connectivity index is 1.27. The smallest absolute Gasteiger partial charge is 0.143 e. The second-order valence-corrected chi connectivity index (χ2v) is 12.9. The Labute approximate surface area is 265 Å². The van der Waals surface area contributed by atoms with Crippen molar-refractivity contribution in [3.63, 3.8) is 0 Å². The minimum absolute atomic E-state index is 0.144. The molecule has 1 aliphatic carbocycles. The van der Waals surface area contributed by atoms with Crippen molar-refractivity contribution in [1.82, 2.24) is 9.97 Å². The summed E-state index contributed by atoms with van der Waals surface area (Å²) in [5.74, 6) is 0. The molecule has 6 aromatic carbocycles. The SMILES string of the molecule is CC1(C)c2ccccc2-c2c1cc(-c1ccc(-c3ccc4ccc5cccnc5c4n3)c3ccccc13)c1oc3ccccc3c21. The predicted octanol–water partition coefficient (Wildman–Crippen LogP) is 11.5. The topological polar surface area (TPSA) is 38.9 Å². The van der Waals surface area contributed by atoms with Crippen molar-refractivity contribution in [2.75, 3.05) is 0 Å². The van der Waals surface area contributed by atoms with E-state index in [9.17, 15) is 0 Å². The molecule has 0 radical (unpaired) electrons. The molecule has 10 rings (SSSR count). The molecule has 0 atom stereocenters. The molecule has 3 heterocycles. The highest BCUT2D eigenvalue weighted by Crippen LogP contribution is 2.55. The van der Waals surface area contributed by atoms with Crippen LogP contribution in [0.25, 0.3) is 88.0 Å². The lowest BCUT2D eigenvalue weighted by Gasteiger charge is -2.22. The average molecular weight is 589 g/mol. The number of nitrogens with zero attached hydrogens (tertiary/aromatic N) is 2. The summed E-state index contributed by atoms with van der Waals surface area (Å²) in [6.45, 7) is 4.70. The van der Waals surface area contributed by atoms with E-state index in [4.69, 9.17) is 9.40 Å². The van der Waals surface area contributed by atoms with E-state index in [0.29, 0.717) is 0 Å². The van der Waals surface area contributed by atoms with Crippen LogP contribution in [0.4, 0.5) is 0 Å². The van der Waals surface area contributed by atoms with Crippen LogP contribution in [0.15, 0.2) is 138 Å². The van der Waals surface area contributed by atoms with E-state index in [2.05, 4.69) is 140 Å². The average Bonchev–Trinajstić information content (AvgIpc) is 3.60. The first-order valence-electron chi connectivity index (χ1n) is 15.8. The number of benzene rings is 6. The van der Waals surface area contributed by atoms with Gasteiger partial charge < -0.3 is 4.42 Å². The van der Waals surface area contributed by atoms with Gasteiger partial charge in [0, 0.05) is 44.3 Å². The van der Waals surface area contributed by atoms with Gasteiger partial charge in [0.1, 0.15) is 11.2 Å². The highest BCUT2D eigenvalue weighted by molar-refractivity contribution is 6.20. The van der Waals surface area contributed by atoms with Crippen molar-refractivity contribution in [1.29, 1.82) is 0 Å². The molecule has 0 N–H and O–H groups in total. The Morgan fingerprint density at radius 3 is 2.11 bits per heavy atom. The third-order valence-corrected chi connectivity index (χ3v) is 10.1. The number of pyridine rings is 2. The van der Waals surface area contributed by atoms with Gasteiger partial charge in [0.2, 0.25) is 0 Å². The van der Waals surface area contributed by atoms with Crippen molar-refractivity contribution in [3.8, 4) is 33.5 Å². The number of fused-ring (bicyclic) bond motifs is 11. The first-order valence-corrected chi connectivity index (χ1v) is 15.8. The van der Waals surface area contributed by atoms with Crippen molar-refractivity contribution in [3.05, 3.63) is 145 Å². The Hall–Kier alpha value is -5.80. The van der Waals surface area contributed by atoms with Gasteiger partial charge in [-0.2, -0.15) is 0 Å². The molecule has 0 amide bonds. The molecule has 0 saturated heterocycles. The van der Waals surface area contributed by atoms with E-state index in [0.717, 1.165) is 66.1 Å². The molecule has 46 heavy (non-hydrogen) atoms. The van der Waals surface area contributed by atoms with Gasteiger partial charge in [-0.15, -0.1) is 0 Å². The third-order valence-electron chi connectivity index (χ3n) is 10.1. The molecule has 1 aliphatic rings. The molecule has 0 spiro atoms. The van der Waals surface area contributed by atoms with E-state index >= 15 is 0 Å². The monoisotopic (exact) mass is 588 g/mol. The molecule has 0 unspecified atom stereocenters. The molecular formula is C43H28N2O. The van der Waals surface area contributed by atoms with E-state index in [1.165, 1.54) is 33.0 Å². The summed E-state index contributed by atoms with van der Waals surface area (Å²) in [7, 11) is 0. The Morgan fingerprint density at radius 1 is 0.543 bits per heavy atom. The van der Waals surface area contributed by atoms with Crippen LogP contribution in [-0.4, -0.2) is 9.97 Å². The first-order chi connectivity index (χ1) is 22.6. The van der Waals surface area contributed by atoms with Crippen LogP contribution in [0.3, 0.4) is 0 Å². The van der Waals surface area contributed by atoms with Crippen molar-refractivity contribution < 1.29 is 4.42 Å². The zero-order valence-corrected chi connectivity index (χ0v) is 25.5. The minimum atomic E-state index is -0.144. The molecule has 3 nitrogen and oxygen atoms in total. The number of aromatic nitrogens is 2. The van der Waals surface area contributed by atoms with E-state index in [1.807, 2.05) is 12.3 Å². The minimum Gasteiger partial charge on any atom is -0.455 e. The molecule has 0 saturated carbocycles. The Kier molecular flexibility index (Phi) is 5.06. The van der Waals surface area contributed by atoms with Crippen molar-refractivity contribution in [2.45, 2.75) is 19.3 Å². The maximum absolute atomic E-state index is 6.78. The van der Waals surface area contributed by atoms with Crippen LogP contribution in [0, 0.1) is 0 Å². The summed E-state index contributed by atoms with van der Waals surface area (Å²) >= 11 is 0.